The number of hydrogen-bond donors (Lipinski definition) is 0. The van der Waals surface area contributed by atoms with Crippen molar-refractivity contribution in [1.29, 1.82) is 0 Å². The zero-order valence-electron chi connectivity index (χ0n) is 16.2. The molecule has 0 aliphatic heterocycles. The first-order valence-electron chi connectivity index (χ1n) is 9.00. The third kappa shape index (κ3) is 4.31. The van der Waals surface area contributed by atoms with E-state index in [0.29, 0.717) is 0 Å². The van der Waals surface area contributed by atoms with E-state index in [9.17, 15) is 0 Å². The van der Waals surface area contributed by atoms with Crippen LogP contribution in [0.1, 0.15) is 31.9 Å². The lowest BCUT2D eigenvalue weighted by atomic mass is 10.1. The van der Waals surface area contributed by atoms with Crippen LogP contribution in [0.4, 0.5) is 0 Å². The molecule has 0 aromatic heterocycles. The Morgan fingerprint density at radius 3 is 1.46 bits per heavy atom. The van der Waals surface area contributed by atoms with Crippen molar-refractivity contribution >= 4 is 10.9 Å². The predicted molar refractivity (Wildman–Crippen MR) is 111 cm³/mol. The molecule has 1 nitrogen and oxygen atoms in total. The summed E-state index contributed by atoms with van der Waals surface area (Å²) in [6, 6.07) is 26.1. The van der Waals surface area contributed by atoms with Crippen molar-refractivity contribution in [3.63, 3.8) is 0 Å². The van der Waals surface area contributed by atoms with Gasteiger partial charge in [-0.25, -0.2) is 0 Å². The molecule has 0 fully saturated rings. The maximum absolute atomic E-state index is 6.21. The normalized spacial score (nSPS) is 11.6. The maximum atomic E-state index is 6.21. The van der Waals surface area contributed by atoms with Gasteiger partial charge in [0.1, 0.15) is 11.4 Å². The first-order chi connectivity index (χ1) is 12.3. The van der Waals surface area contributed by atoms with Gasteiger partial charge in [0.05, 0.1) is 10.9 Å². The van der Waals surface area contributed by atoms with Crippen LogP contribution in [-0.4, -0.2) is 5.60 Å². The topological polar surface area (TPSA) is 9.23 Å². The summed E-state index contributed by atoms with van der Waals surface area (Å²) in [5, 5.41) is 0. The average Bonchev–Trinajstić information content (AvgIpc) is 2.60. The van der Waals surface area contributed by atoms with Crippen LogP contribution in [0.5, 0.6) is 5.75 Å². The van der Waals surface area contributed by atoms with E-state index in [1.807, 2.05) is 0 Å². The monoisotopic (exact) mass is 363 g/mol. The van der Waals surface area contributed by atoms with Gasteiger partial charge in [0.15, 0.2) is 14.7 Å². The van der Waals surface area contributed by atoms with Gasteiger partial charge in [-0.3, -0.25) is 0 Å². The Balaban J connectivity index is 2.11. The predicted octanol–water partition coefficient (Wildman–Crippen LogP) is 6.58. The van der Waals surface area contributed by atoms with Crippen molar-refractivity contribution < 1.29 is 4.74 Å². The van der Waals surface area contributed by atoms with Crippen LogP contribution in [0.3, 0.4) is 0 Å². The standard InChI is InChI=1S/C24H27OS/c1-18-16-22(17-19(2)23(18)25-24(3,4)5)26(20-12-8-6-9-13-20)21-14-10-7-11-15-21/h6-17H,1-5H3/q+1. The van der Waals surface area contributed by atoms with Gasteiger partial charge in [-0.15, -0.1) is 0 Å². The molecular formula is C24H27OS+. The molecule has 134 valence electrons. The summed E-state index contributed by atoms with van der Waals surface area (Å²) < 4.78 is 6.21. The Bertz CT molecular complexity index is 801. The lowest BCUT2D eigenvalue weighted by molar-refractivity contribution is 0.128. The number of hydrogen-bond acceptors (Lipinski definition) is 1. The lowest BCUT2D eigenvalue weighted by Crippen LogP contribution is -2.24. The molecule has 0 spiro atoms. The van der Waals surface area contributed by atoms with Crippen molar-refractivity contribution in [2.45, 2.75) is 54.9 Å². The average molecular weight is 364 g/mol. The molecule has 0 N–H and O–H groups in total. The lowest BCUT2D eigenvalue weighted by Gasteiger charge is -2.24. The minimum Gasteiger partial charge on any atom is -0.488 e. The molecule has 3 rings (SSSR count). The molecule has 0 atom stereocenters. The first-order valence-corrected chi connectivity index (χ1v) is 10.2. The molecule has 0 amide bonds. The molecule has 0 aliphatic rings. The fraction of sp³-hybridized carbons (Fsp3) is 0.250. The van der Waals surface area contributed by atoms with E-state index >= 15 is 0 Å². The van der Waals surface area contributed by atoms with Crippen LogP contribution in [0.2, 0.25) is 0 Å². The number of ether oxygens (including phenoxy) is 1. The molecule has 0 radical (unpaired) electrons. The summed E-state index contributed by atoms with van der Waals surface area (Å²) in [6.07, 6.45) is 0. The van der Waals surface area contributed by atoms with Crippen molar-refractivity contribution in [2.24, 2.45) is 0 Å². The highest BCUT2D eigenvalue weighted by Gasteiger charge is 2.30. The molecular weight excluding hydrogens is 336 g/mol. The summed E-state index contributed by atoms with van der Waals surface area (Å²) >= 11 is 0. The summed E-state index contributed by atoms with van der Waals surface area (Å²) in [4.78, 5) is 4.00. The van der Waals surface area contributed by atoms with Gasteiger partial charge in [0.2, 0.25) is 0 Å². The van der Waals surface area contributed by atoms with E-state index < -0.39 is 0 Å². The third-order valence-electron chi connectivity index (χ3n) is 4.04. The molecule has 2 heteroatoms. The summed E-state index contributed by atoms with van der Waals surface area (Å²) in [5.41, 5.74) is 2.19. The first kappa shape index (κ1) is 18.6. The zero-order valence-corrected chi connectivity index (χ0v) is 17.1. The van der Waals surface area contributed by atoms with Crippen LogP contribution in [-0.2, 0) is 10.9 Å². The largest absolute Gasteiger partial charge is 0.488 e. The maximum Gasteiger partial charge on any atom is 0.167 e. The van der Waals surface area contributed by atoms with E-state index in [4.69, 9.17) is 4.74 Å². The van der Waals surface area contributed by atoms with Crippen molar-refractivity contribution in [1.82, 2.24) is 0 Å². The van der Waals surface area contributed by atoms with Crippen LogP contribution in [0.15, 0.2) is 87.5 Å². The number of aryl methyl sites for hydroxylation is 2. The van der Waals surface area contributed by atoms with E-state index in [2.05, 4.69) is 107 Å². The number of rotatable bonds is 4. The molecule has 0 heterocycles. The van der Waals surface area contributed by atoms with Gasteiger partial charge >= 0.3 is 0 Å². The summed E-state index contributed by atoms with van der Waals surface area (Å²) in [6.45, 7) is 10.6. The quantitative estimate of drug-likeness (QED) is 0.476. The van der Waals surface area contributed by atoms with Gasteiger partial charge in [0, 0.05) is 12.1 Å². The van der Waals surface area contributed by atoms with Crippen molar-refractivity contribution in [2.75, 3.05) is 0 Å². The Labute approximate surface area is 160 Å². The Morgan fingerprint density at radius 2 is 1.08 bits per heavy atom. The fourth-order valence-corrected chi connectivity index (χ4v) is 5.28. The molecule has 0 aliphatic carbocycles. The summed E-state index contributed by atoms with van der Waals surface area (Å²) in [5.74, 6) is 1.01. The molecule has 3 aromatic carbocycles. The van der Waals surface area contributed by atoms with Gasteiger partial charge in [-0.2, -0.15) is 0 Å². The van der Waals surface area contributed by atoms with Gasteiger partial charge in [0.25, 0.3) is 0 Å². The molecule has 26 heavy (non-hydrogen) atoms. The van der Waals surface area contributed by atoms with Crippen LogP contribution >= 0.6 is 0 Å². The highest BCUT2D eigenvalue weighted by molar-refractivity contribution is 7.97. The zero-order chi connectivity index (χ0) is 18.7. The highest BCUT2D eigenvalue weighted by Crippen LogP contribution is 2.36. The molecule has 0 saturated carbocycles. The molecule has 0 bridgehead atoms. The van der Waals surface area contributed by atoms with Crippen molar-refractivity contribution in [3.8, 4) is 5.75 Å². The van der Waals surface area contributed by atoms with E-state index in [-0.39, 0.29) is 16.5 Å². The van der Waals surface area contributed by atoms with Crippen LogP contribution in [0, 0.1) is 13.8 Å². The smallest absolute Gasteiger partial charge is 0.167 e. The SMILES string of the molecule is Cc1cc([S+](c2ccccc2)c2ccccc2)cc(C)c1OC(C)(C)C. The van der Waals surface area contributed by atoms with E-state index in [0.717, 1.165) is 5.75 Å². The molecule has 0 saturated heterocycles. The Kier molecular flexibility index (Phi) is 5.43. The second kappa shape index (κ2) is 7.59. The third-order valence-corrected chi connectivity index (χ3v) is 6.23. The van der Waals surface area contributed by atoms with E-state index in [1.165, 1.54) is 25.8 Å². The van der Waals surface area contributed by atoms with Crippen molar-refractivity contribution in [3.05, 3.63) is 83.9 Å². The van der Waals surface area contributed by atoms with Gasteiger partial charge in [-0.1, -0.05) is 36.4 Å². The fourth-order valence-electron chi connectivity index (χ4n) is 3.02. The van der Waals surface area contributed by atoms with E-state index in [1.54, 1.807) is 0 Å². The number of benzene rings is 3. The molecule has 3 aromatic rings. The minimum atomic E-state index is -0.197. The minimum absolute atomic E-state index is 0.122. The summed E-state index contributed by atoms with van der Waals surface area (Å²) in [7, 11) is -0.122. The highest BCUT2D eigenvalue weighted by atomic mass is 32.2. The van der Waals surface area contributed by atoms with Crippen LogP contribution < -0.4 is 4.74 Å². The second-order valence-corrected chi connectivity index (χ2v) is 9.56. The molecule has 0 unspecified atom stereocenters. The Morgan fingerprint density at radius 1 is 0.654 bits per heavy atom. The van der Waals surface area contributed by atoms with Gasteiger partial charge < -0.3 is 4.74 Å². The Hall–Kier alpha value is -2.19. The van der Waals surface area contributed by atoms with Gasteiger partial charge in [-0.05, 0) is 70.0 Å². The second-order valence-electron chi connectivity index (χ2n) is 7.53. The van der Waals surface area contributed by atoms with Crippen LogP contribution in [0.25, 0.3) is 0 Å².